The van der Waals surface area contributed by atoms with Crippen molar-refractivity contribution < 1.29 is 9.84 Å². The van der Waals surface area contributed by atoms with E-state index < -0.39 is 0 Å². The first-order valence-electron chi connectivity index (χ1n) is 6.45. The van der Waals surface area contributed by atoms with Crippen molar-refractivity contribution in [3.63, 3.8) is 0 Å². The molecule has 1 N–H and O–H groups in total. The lowest BCUT2D eigenvalue weighted by Crippen LogP contribution is -2.25. The molecule has 1 aromatic carbocycles. The molecular formula is C14H13BrClN3O2. The summed E-state index contributed by atoms with van der Waals surface area (Å²) in [7, 11) is 0. The average Bonchev–Trinajstić information content (AvgIpc) is 2.63. The van der Waals surface area contributed by atoms with E-state index >= 15 is 0 Å². The Balaban J connectivity index is 1.80. The van der Waals surface area contributed by atoms with Gasteiger partial charge in [0.2, 0.25) is 0 Å². The minimum atomic E-state index is -0.209. The maximum absolute atomic E-state index is 9.12. The minimum Gasteiger partial charge on any atom is -0.490 e. The van der Waals surface area contributed by atoms with Gasteiger partial charge in [-0.3, -0.25) is 4.90 Å². The standard InChI is InChI=1S/C14H13BrClN3O2/c15-11-3-10-8-19(1-2-21-13(10)12(16)4-11)7-9-5-17-14(20)18-6-9/h3-6H,1-2,7-8H2,(H,17,18,20). The van der Waals surface area contributed by atoms with Crippen LogP contribution in [-0.2, 0) is 13.1 Å². The maximum Gasteiger partial charge on any atom is 0.313 e. The van der Waals surface area contributed by atoms with Gasteiger partial charge in [-0.15, -0.1) is 0 Å². The van der Waals surface area contributed by atoms with E-state index in [9.17, 15) is 0 Å². The number of ether oxygens (including phenoxy) is 1. The Hall–Kier alpha value is -1.37. The first-order valence-corrected chi connectivity index (χ1v) is 7.62. The molecule has 0 saturated carbocycles. The van der Waals surface area contributed by atoms with Crippen molar-refractivity contribution in [2.75, 3.05) is 13.2 Å². The van der Waals surface area contributed by atoms with E-state index in [-0.39, 0.29) is 6.01 Å². The van der Waals surface area contributed by atoms with Crippen molar-refractivity contribution in [3.05, 3.63) is 45.1 Å². The summed E-state index contributed by atoms with van der Waals surface area (Å²) in [6.45, 7) is 2.78. The third-order valence-corrected chi connectivity index (χ3v) is 3.97. The molecule has 7 heteroatoms. The van der Waals surface area contributed by atoms with Crippen molar-refractivity contribution >= 4 is 27.5 Å². The Bertz CT molecular complexity index is 651. The van der Waals surface area contributed by atoms with Crippen molar-refractivity contribution in [2.45, 2.75) is 13.1 Å². The summed E-state index contributed by atoms with van der Waals surface area (Å²) in [5.74, 6) is 0.754. The molecule has 0 spiro atoms. The van der Waals surface area contributed by atoms with Gasteiger partial charge in [-0.1, -0.05) is 27.5 Å². The molecule has 3 rings (SSSR count). The Morgan fingerprint density at radius 2 is 2.10 bits per heavy atom. The highest BCUT2D eigenvalue weighted by molar-refractivity contribution is 9.10. The van der Waals surface area contributed by atoms with E-state index in [4.69, 9.17) is 21.4 Å². The molecule has 0 aliphatic carbocycles. The van der Waals surface area contributed by atoms with Gasteiger partial charge in [0.15, 0.2) is 0 Å². The van der Waals surface area contributed by atoms with E-state index in [1.54, 1.807) is 12.4 Å². The number of nitrogens with zero attached hydrogens (tertiary/aromatic N) is 3. The van der Waals surface area contributed by atoms with E-state index in [0.717, 1.165) is 34.4 Å². The number of hydrogen-bond acceptors (Lipinski definition) is 5. The molecular weight excluding hydrogens is 358 g/mol. The summed E-state index contributed by atoms with van der Waals surface area (Å²) in [5.41, 5.74) is 1.99. The van der Waals surface area contributed by atoms with E-state index in [1.807, 2.05) is 12.1 Å². The monoisotopic (exact) mass is 369 g/mol. The van der Waals surface area contributed by atoms with Crippen LogP contribution in [0.15, 0.2) is 29.0 Å². The number of hydrogen-bond donors (Lipinski definition) is 1. The fraction of sp³-hybridized carbons (Fsp3) is 0.286. The highest BCUT2D eigenvalue weighted by Crippen LogP contribution is 2.34. The fourth-order valence-electron chi connectivity index (χ4n) is 2.31. The van der Waals surface area contributed by atoms with Crippen molar-refractivity contribution in [2.24, 2.45) is 0 Å². The van der Waals surface area contributed by atoms with Crippen LogP contribution in [-0.4, -0.2) is 33.1 Å². The second kappa shape index (κ2) is 6.17. The van der Waals surface area contributed by atoms with Crippen LogP contribution in [0.5, 0.6) is 11.8 Å². The number of fused-ring (bicyclic) bond motifs is 1. The highest BCUT2D eigenvalue weighted by atomic mass is 79.9. The first kappa shape index (κ1) is 14.6. The molecule has 0 saturated heterocycles. The van der Waals surface area contributed by atoms with Crippen LogP contribution < -0.4 is 4.74 Å². The van der Waals surface area contributed by atoms with E-state index in [1.165, 1.54) is 0 Å². The summed E-state index contributed by atoms with van der Waals surface area (Å²) in [5, 5.41) is 9.74. The van der Waals surface area contributed by atoms with Gasteiger partial charge in [-0.05, 0) is 12.1 Å². The molecule has 1 aliphatic rings. The zero-order valence-corrected chi connectivity index (χ0v) is 13.4. The molecule has 0 amide bonds. The van der Waals surface area contributed by atoms with Crippen LogP contribution in [0.4, 0.5) is 0 Å². The second-order valence-corrected chi connectivity index (χ2v) is 6.15. The van der Waals surface area contributed by atoms with Crippen LogP contribution in [0.1, 0.15) is 11.1 Å². The largest absolute Gasteiger partial charge is 0.490 e. The molecule has 2 heterocycles. The fourth-order valence-corrected chi connectivity index (χ4v) is 3.24. The van der Waals surface area contributed by atoms with Crippen molar-refractivity contribution in [1.82, 2.24) is 14.9 Å². The van der Waals surface area contributed by atoms with Crippen LogP contribution in [0.3, 0.4) is 0 Å². The Labute approximate surface area is 135 Å². The molecule has 2 aromatic rings. The molecule has 5 nitrogen and oxygen atoms in total. The van der Waals surface area contributed by atoms with Gasteiger partial charge in [0.25, 0.3) is 0 Å². The number of aromatic nitrogens is 2. The van der Waals surface area contributed by atoms with Crippen LogP contribution in [0.2, 0.25) is 5.02 Å². The molecule has 0 unspecified atom stereocenters. The lowest BCUT2D eigenvalue weighted by molar-refractivity contribution is 0.219. The summed E-state index contributed by atoms with van der Waals surface area (Å²) < 4.78 is 6.69. The molecule has 0 atom stereocenters. The Kier molecular flexibility index (Phi) is 4.28. The molecule has 110 valence electrons. The quantitative estimate of drug-likeness (QED) is 0.880. The normalized spacial score (nSPS) is 15.1. The van der Waals surface area contributed by atoms with E-state index in [0.29, 0.717) is 18.2 Å². The second-order valence-electron chi connectivity index (χ2n) is 4.83. The van der Waals surface area contributed by atoms with Crippen LogP contribution in [0, 0.1) is 0 Å². The van der Waals surface area contributed by atoms with E-state index in [2.05, 4.69) is 30.8 Å². The lowest BCUT2D eigenvalue weighted by atomic mass is 10.2. The number of benzene rings is 1. The number of rotatable bonds is 2. The summed E-state index contributed by atoms with van der Waals surface area (Å²) in [6.07, 6.45) is 3.26. The third-order valence-electron chi connectivity index (χ3n) is 3.23. The molecule has 1 aliphatic heterocycles. The predicted molar refractivity (Wildman–Crippen MR) is 82.5 cm³/mol. The van der Waals surface area contributed by atoms with Gasteiger partial charge >= 0.3 is 6.01 Å². The number of halogens is 2. The van der Waals surface area contributed by atoms with Crippen molar-refractivity contribution in [1.29, 1.82) is 0 Å². The van der Waals surface area contributed by atoms with Gasteiger partial charge < -0.3 is 9.84 Å². The number of aromatic hydroxyl groups is 1. The third kappa shape index (κ3) is 3.45. The Morgan fingerprint density at radius 3 is 2.86 bits per heavy atom. The molecule has 0 radical (unpaired) electrons. The minimum absolute atomic E-state index is 0.209. The maximum atomic E-state index is 9.12. The van der Waals surface area contributed by atoms with Gasteiger partial charge in [-0.25, -0.2) is 9.97 Å². The van der Waals surface area contributed by atoms with Crippen LogP contribution >= 0.6 is 27.5 Å². The lowest BCUT2D eigenvalue weighted by Gasteiger charge is -2.19. The summed E-state index contributed by atoms with van der Waals surface area (Å²) in [6, 6.07) is 3.65. The first-order chi connectivity index (χ1) is 10.1. The van der Waals surface area contributed by atoms with Gasteiger partial charge in [0.1, 0.15) is 12.4 Å². The zero-order valence-electron chi connectivity index (χ0n) is 11.1. The smallest absolute Gasteiger partial charge is 0.313 e. The summed E-state index contributed by atoms with van der Waals surface area (Å²) >= 11 is 9.68. The molecule has 0 bridgehead atoms. The molecule has 1 aromatic heterocycles. The summed E-state index contributed by atoms with van der Waals surface area (Å²) in [4.78, 5) is 9.82. The van der Waals surface area contributed by atoms with Crippen molar-refractivity contribution in [3.8, 4) is 11.8 Å². The highest BCUT2D eigenvalue weighted by Gasteiger charge is 2.18. The molecule has 0 fully saturated rings. The van der Waals surface area contributed by atoms with Gasteiger partial charge in [0, 0.05) is 47.6 Å². The topological polar surface area (TPSA) is 58.5 Å². The Morgan fingerprint density at radius 1 is 1.33 bits per heavy atom. The zero-order chi connectivity index (χ0) is 14.8. The molecule has 21 heavy (non-hydrogen) atoms. The average molecular weight is 371 g/mol. The van der Waals surface area contributed by atoms with Crippen LogP contribution in [0.25, 0.3) is 0 Å². The van der Waals surface area contributed by atoms with Gasteiger partial charge in [0.05, 0.1) is 5.02 Å². The predicted octanol–water partition coefficient (Wildman–Crippen LogP) is 2.99. The van der Waals surface area contributed by atoms with Gasteiger partial charge in [-0.2, -0.15) is 0 Å². The SMILES string of the molecule is Oc1ncc(CN2CCOc3c(Cl)cc(Br)cc3C2)cn1.